The Kier molecular flexibility index (Phi) is 3.69. The highest BCUT2D eigenvalue weighted by molar-refractivity contribution is 7.89. The smallest absolute Gasteiger partial charge is 0.240 e. The highest BCUT2D eigenvalue weighted by Crippen LogP contribution is 2.34. The summed E-state index contributed by atoms with van der Waals surface area (Å²) in [5.74, 6) is 0.543. The number of benzene rings is 2. The number of anilines is 1. The van der Waals surface area contributed by atoms with E-state index < -0.39 is 10.0 Å². The average Bonchev–Trinajstić information content (AvgIpc) is 2.49. The number of nitrogens with one attached hydrogen (secondary N) is 2. The molecule has 21 heavy (non-hydrogen) atoms. The van der Waals surface area contributed by atoms with Crippen LogP contribution < -0.4 is 10.0 Å². The lowest BCUT2D eigenvalue weighted by molar-refractivity contribution is 0.588. The molecular formula is C16H18N2O2S. The van der Waals surface area contributed by atoms with Crippen molar-refractivity contribution >= 4 is 15.7 Å². The predicted molar refractivity (Wildman–Crippen MR) is 84.1 cm³/mol. The summed E-state index contributed by atoms with van der Waals surface area (Å²) in [5.41, 5.74) is 3.79. The quantitative estimate of drug-likeness (QED) is 0.891. The molecule has 4 nitrogen and oxygen atoms in total. The standard InChI is InChI=1S/C16H18N2O2S/c1-17-21(19,20)15-8-6-14(7-9-15)18-11-13-10-12-4-2-3-5-16(12)13/h2-9,13,17-18H,10-11H2,1H3. The van der Waals surface area contributed by atoms with Crippen molar-refractivity contribution in [2.75, 3.05) is 18.9 Å². The zero-order valence-electron chi connectivity index (χ0n) is 11.8. The van der Waals surface area contributed by atoms with Gasteiger partial charge in [-0.3, -0.25) is 0 Å². The maximum atomic E-state index is 11.6. The minimum Gasteiger partial charge on any atom is -0.384 e. The van der Waals surface area contributed by atoms with Crippen molar-refractivity contribution in [3.05, 3.63) is 59.7 Å². The summed E-state index contributed by atoms with van der Waals surface area (Å²) in [6.45, 7) is 0.870. The lowest BCUT2D eigenvalue weighted by Gasteiger charge is -2.30. The topological polar surface area (TPSA) is 58.2 Å². The van der Waals surface area contributed by atoms with E-state index in [4.69, 9.17) is 0 Å². The third-order valence-corrected chi connectivity index (χ3v) is 5.38. The Bertz CT molecular complexity index is 739. The Labute approximate surface area is 125 Å². The molecule has 0 bridgehead atoms. The van der Waals surface area contributed by atoms with Gasteiger partial charge in [0.15, 0.2) is 0 Å². The minimum atomic E-state index is -3.36. The van der Waals surface area contributed by atoms with Crippen LogP contribution in [0.15, 0.2) is 53.4 Å². The molecule has 1 unspecified atom stereocenters. The molecule has 1 aliphatic rings. The van der Waals surface area contributed by atoms with E-state index >= 15 is 0 Å². The molecule has 2 aromatic rings. The van der Waals surface area contributed by atoms with Crippen LogP contribution in [0.4, 0.5) is 5.69 Å². The minimum absolute atomic E-state index is 0.282. The van der Waals surface area contributed by atoms with Gasteiger partial charge in [-0.25, -0.2) is 13.1 Å². The van der Waals surface area contributed by atoms with Crippen LogP contribution in [-0.2, 0) is 16.4 Å². The van der Waals surface area contributed by atoms with Gasteiger partial charge in [0.2, 0.25) is 10.0 Å². The lowest BCUT2D eigenvalue weighted by atomic mass is 9.77. The Morgan fingerprint density at radius 2 is 1.81 bits per heavy atom. The summed E-state index contributed by atoms with van der Waals surface area (Å²) in [5, 5.41) is 3.37. The van der Waals surface area contributed by atoms with E-state index in [1.54, 1.807) is 24.3 Å². The van der Waals surface area contributed by atoms with Gasteiger partial charge < -0.3 is 5.32 Å². The molecule has 0 spiro atoms. The molecule has 0 aliphatic heterocycles. The molecular weight excluding hydrogens is 284 g/mol. The first kappa shape index (κ1) is 14.1. The van der Waals surface area contributed by atoms with E-state index in [1.165, 1.54) is 18.2 Å². The van der Waals surface area contributed by atoms with Gasteiger partial charge >= 0.3 is 0 Å². The summed E-state index contributed by atoms with van der Waals surface area (Å²) in [6, 6.07) is 15.3. The van der Waals surface area contributed by atoms with Crippen LogP contribution in [0.2, 0.25) is 0 Å². The molecule has 1 atom stereocenters. The van der Waals surface area contributed by atoms with Crippen molar-refractivity contribution in [1.29, 1.82) is 0 Å². The summed E-state index contributed by atoms with van der Waals surface area (Å²) in [7, 11) is -1.95. The summed E-state index contributed by atoms with van der Waals surface area (Å²) < 4.78 is 25.6. The first-order valence-electron chi connectivity index (χ1n) is 6.95. The van der Waals surface area contributed by atoms with Crippen molar-refractivity contribution in [2.24, 2.45) is 0 Å². The van der Waals surface area contributed by atoms with E-state index in [1.807, 2.05) is 0 Å². The van der Waals surface area contributed by atoms with Gasteiger partial charge in [-0.2, -0.15) is 0 Å². The second-order valence-electron chi connectivity index (χ2n) is 5.21. The van der Waals surface area contributed by atoms with Crippen molar-refractivity contribution in [3.8, 4) is 0 Å². The van der Waals surface area contributed by atoms with E-state index in [0.717, 1.165) is 18.7 Å². The Hall–Kier alpha value is -1.85. The maximum absolute atomic E-state index is 11.6. The normalized spacial score (nSPS) is 16.9. The molecule has 1 aliphatic carbocycles. The number of rotatable bonds is 5. The van der Waals surface area contributed by atoms with Crippen molar-refractivity contribution < 1.29 is 8.42 Å². The molecule has 0 fully saturated rings. The largest absolute Gasteiger partial charge is 0.384 e. The molecule has 0 saturated carbocycles. The predicted octanol–water partition coefficient (Wildman–Crippen LogP) is 2.35. The molecule has 110 valence electrons. The molecule has 2 N–H and O–H groups in total. The Morgan fingerprint density at radius 3 is 2.48 bits per heavy atom. The first-order chi connectivity index (χ1) is 10.1. The third kappa shape index (κ3) is 2.80. The van der Waals surface area contributed by atoms with Gasteiger partial charge in [-0.1, -0.05) is 24.3 Å². The number of hydrogen-bond donors (Lipinski definition) is 2. The molecule has 0 heterocycles. The fourth-order valence-corrected chi connectivity index (χ4v) is 3.39. The van der Waals surface area contributed by atoms with Crippen LogP contribution in [0.25, 0.3) is 0 Å². The van der Waals surface area contributed by atoms with Gasteiger partial charge in [0.1, 0.15) is 0 Å². The number of hydrogen-bond acceptors (Lipinski definition) is 3. The molecule has 0 saturated heterocycles. The van der Waals surface area contributed by atoms with Gasteiger partial charge in [0.05, 0.1) is 4.90 Å². The SMILES string of the molecule is CNS(=O)(=O)c1ccc(NCC2Cc3ccccc32)cc1. The summed E-state index contributed by atoms with van der Waals surface area (Å²) in [4.78, 5) is 0.282. The van der Waals surface area contributed by atoms with Gasteiger partial charge in [-0.05, 0) is 48.9 Å². The van der Waals surface area contributed by atoms with E-state index in [-0.39, 0.29) is 4.90 Å². The highest BCUT2D eigenvalue weighted by atomic mass is 32.2. The molecule has 0 amide bonds. The first-order valence-corrected chi connectivity index (χ1v) is 8.44. The molecule has 0 radical (unpaired) electrons. The van der Waals surface area contributed by atoms with Gasteiger partial charge in [0, 0.05) is 18.2 Å². The number of sulfonamides is 1. The summed E-state index contributed by atoms with van der Waals surface area (Å²) in [6.07, 6.45) is 1.11. The van der Waals surface area contributed by atoms with Gasteiger partial charge in [0.25, 0.3) is 0 Å². The lowest BCUT2D eigenvalue weighted by Crippen LogP contribution is -2.24. The second kappa shape index (κ2) is 5.50. The second-order valence-corrected chi connectivity index (χ2v) is 7.10. The zero-order chi connectivity index (χ0) is 14.9. The van der Waals surface area contributed by atoms with Crippen molar-refractivity contribution in [3.63, 3.8) is 0 Å². The van der Waals surface area contributed by atoms with E-state index in [0.29, 0.717) is 5.92 Å². The number of fused-ring (bicyclic) bond motifs is 1. The zero-order valence-corrected chi connectivity index (χ0v) is 12.7. The van der Waals surface area contributed by atoms with Crippen LogP contribution in [0.3, 0.4) is 0 Å². The van der Waals surface area contributed by atoms with Crippen LogP contribution in [-0.4, -0.2) is 22.0 Å². The third-order valence-electron chi connectivity index (χ3n) is 3.95. The van der Waals surface area contributed by atoms with Crippen molar-refractivity contribution in [2.45, 2.75) is 17.2 Å². The maximum Gasteiger partial charge on any atom is 0.240 e. The summed E-state index contributed by atoms with van der Waals surface area (Å²) >= 11 is 0. The Morgan fingerprint density at radius 1 is 1.10 bits per heavy atom. The van der Waals surface area contributed by atoms with Crippen molar-refractivity contribution in [1.82, 2.24) is 4.72 Å². The molecule has 3 rings (SSSR count). The monoisotopic (exact) mass is 302 g/mol. The van der Waals surface area contributed by atoms with Gasteiger partial charge in [-0.15, -0.1) is 0 Å². The highest BCUT2D eigenvalue weighted by Gasteiger charge is 2.24. The Balaban J connectivity index is 1.63. The molecule has 0 aromatic heterocycles. The fraction of sp³-hybridized carbons (Fsp3) is 0.250. The molecule has 2 aromatic carbocycles. The van der Waals surface area contributed by atoms with Crippen LogP contribution >= 0.6 is 0 Å². The molecule has 5 heteroatoms. The van der Waals surface area contributed by atoms with E-state index in [2.05, 4.69) is 34.3 Å². The van der Waals surface area contributed by atoms with Crippen LogP contribution in [0.1, 0.15) is 17.0 Å². The average molecular weight is 302 g/mol. The van der Waals surface area contributed by atoms with Crippen LogP contribution in [0, 0.1) is 0 Å². The van der Waals surface area contributed by atoms with Crippen LogP contribution in [0.5, 0.6) is 0 Å². The fourth-order valence-electron chi connectivity index (χ4n) is 2.66. The van der Waals surface area contributed by atoms with E-state index in [9.17, 15) is 8.42 Å².